The molecule has 0 radical (unpaired) electrons. The molecule has 0 saturated carbocycles. The van der Waals surface area contributed by atoms with Crippen molar-refractivity contribution in [1.29, 1.82) is 0 Å². The quantitative estimate of drug-likeness (QED) is 0.516. The highest BCUT2D eigenvalue weighted by Gasteiger charge is 2.34. The number of hydrogen-bond acceptors (Lipinski definition) is 7. The summed E-state index contributed by atoms with van der Waals surface area (Å²) in [7, 11) is 3.70. The molecule has 0 amide bonds. The monoisotopic (exact) mass is 355 g/mol. The van der Waals surface area contributed by atoms with E-state index in [9.17, 15) is 5.21 Å². The lowest BCUT2D eigenvalue weighted by atomic mass is 9.88. The third kappa shape index (κ3) is 2.74. The van der Waals surface area contributed by atoms with E-state index in [4.69, 9.17) is 14.2 Å². The first-order valence-electron chi connectivity index (χ1n) is 8.55. The van der Waals surface area contributed by atoms with Crippen LogP contribution in [-0.4, -0.2) is 48.3 Å². The Kier molecular flexibility index (Phi) is 4.38. The fourth-order valence-electron chi connectivity index (χ4n) is 3.70. The van der Waals surface area contributed by atoms with Crippen LogP contribution in [0.4, 0.5) is 0 Å². The van der Waals surface area contributed by atoms with E-state index in [1.165, 1.54) is 5.56 Å². The van der Waals surface area contributed by atoms with Gasteiger partial charge in [0, 0.05) is 30.8 Å². The van der Waals surface area contributed by atoms with Crippen LogP contribution in [0.25, 0.3) is 0 Å². The summed E-state index contributed by atoms with van der Waals surface area (Å²) in [5.74, 6) is 2.07. The number of methoxy groups -OCH3 is 1. The number of pyridine rings is 1. The normalized spacial score (nSPS) is 19.3. The molecule has 2 aliphatic rings. The highest BCUT2D eigenvalue weighted by molar-refractivity contribution is 5.99. The second-order valence-electron chi connectivity index (χ2n) is 6.43. The van der Waals surface area contributed by atoms with Crippen LogP contribution in [-0.2, 0) is 6.42 Å². The lowest BCUT2D eigenvalue weighted by Crippen LogP contribution is -2.34. The maximum atomic E-state index is 9.58. The van der Waals surface area contributed by atoms with Gasteiger partial charge in [0.25, 0.3) is 0 Å². The van der Waals surface area contributed by atoms with E-state index in [1.54, 1.807) is 13.3 Å². The van der Waals surface area contributed by atoms with E-state index in [-0.39, 0.29) is 12.8 Å². The highest BCUT2D eigenvalue weighted by Crippen LogP contribution is 2.50. The minimum atomic E-state index is -0.0175. The van der Waals surface area contributed by atoms with Crippen molar-refractivity contribution in [1.82, 2.24) is 9.88 Å². The van der Waals surface area contributed by atoms with Crippen molar-refractivity contribution in [3.05, 3.63) is 47.3 Å². The Morgan fingerprint density at radius 2 is 2.31 bits per heavy atom. The number of ether oxygens (including phenoxy) is 3. The van der Waals surface area contributed by atoms with Crippen molar-refractivity contribution in [3.8, 4) is 17.2 Å². The second kappa shape index (κ2) is 6.84. The molecule has 136 valence electrons. The van der Waals surface area contributed by atoms with Gasteiger partial charge in [-0.25, -0.2) is 0 Å². The lowest BCUT2D eigenvalue weighted by molar-refractivity contribution is 0.170. The second-order valence-corrected chi connectivity index (χ2v) is 6.43. The Bertz CT molecular complexity index is 838. The first kappa shape index (κ1) is 16.7. The molecule has 0 saturated heterocycles. The fourth-order valence-corrected chi connectivity index (χ4v) is 3.70. The van der Waals surface area contributed by atoms with Crippen molar-refractivity contribution in [3.63, 3.8) is 0 Å². The Morgan fingerprint density at radius 1 is 1.42 bits per heavy atom. The number of oxime groups is 1. The van der Waals surface area contributed by atoms with Gasteiger partial charge >= 0.3 is 0 Å². The summed E-state index contributed by atoms with van der Waals surface area (Å²) in [6.07, 6.45) is 3.09. The number of hydrogen-bond donors (Lipinski definition) is 1. The zero-order valence-electron chi connectivity index (χ0n) is 14.8. The molecule has 0 spiro atoms. The third-order valence-electron chi connectivity index (χ3n) is 5.01. The van der Waals surface area contributed by atoms with E-state index < -0.39 is 0 Å². The van der Waals surface area contributed by atoms with Gasteiger partial charge in [0.05, 0.1) is 12.8 Å². The van der Waals surface area contributed by atoms with Gasteiger partial charge < -0.3 is 19.4 Å². The van der Waals surface area contributed by atoms with Crippen molar-refractivity contribution < 1.29 is 19.4 Å². The third-order valence-corrected chi connectivity index (χ3v) is 5.01. The number of likely N-dealkylation sites (N-methyl/N-ethyl adjacent to an activating group) is 1. The zero-order chi connectivity index (χ0) is 18.1. The van der Waals surface area contributed by atoms with Crippen LogP contribution < -0.4 is 14.2 Å². The van der Waals surface area contributed by atoms with Crippen molar-refractivity contribution in [2.75, 3.05) is 27.5 Å². The molecule has 4 rings (SSSR count). The van der Waals surface area contributed by atoms with Crippen LogP contribution in [0.1, 0.15) is 29.3 Å². The molecule has 2 aromatic rings. The predicted octanol–water partition coefficient (Wildman–Crippen LogP) is 2.62. The molecule has 3 heterocycles. The number of fused-ring (bicyclic) bond motifs is 2. The lowest BCUT2D eigenvalue weighted by Gasteiger charge is -2.35. The summed E-state index contributed by atoms with van der Waals surface area (Å²) in [5, 5.41) is 13.1. The summed E-state index contributed by atoms with van der Waals surface area (Å²) in [6, 6.07) is 7.58. The van der Waals surface area contributed by atoms with E-state index in [0.29, 0.717) is 29.3 Å². The molecule has 1 N–H and O–H groups in total. The molecule has 26 heavy (non-hydrogen) atoms. The number of rotatable bonds is 4. The molecule has 0 bridgehead atoms. The van der Waals surface area contributed by atoms with Crippen LogP contribution in [0, 0.1) is 0 Å². The fraction of sp³-hybridized carbons (Fsp3) is 0.368. The van der Waals surface area contributed by atoms with E-state index in [0.717, 1.165) is 24.3 Å². The van der Waals surface area contributed by atoms with Gasteiger partial charge in [0.15, 0.2) is 11.5 Å². The smallest absolute Gasteiger partial charge is 0.231 e. The molecule has 7 heteroatoms. The molecule has 2 aliphatic heterocycles. The molecule has 1 aromatic carbocycles. The maximum absolute atomic E-state index is 9.58. The van der Waals surface area contributed by atoms with Gasteiger partial charge in [-0.2, -0.15) is 0 Å². The van der Waals surface area contributed by atoms with Gasteiger partial charge in [-0.05, 0) is 37.2 Å². The molecule has 0 aliphatic carbocycles. The molecule has 7 nitrogen and oxygen atoms in total. The van der Waals surface area contributed by atoms with Gasteiger partial charge in [0.1, 0.15) is 5.71 Å². The van der Waals surface area contributed by atoms with Crippen molar-refractivity contribution >= 4 is 5.71 Å². The molecule has 0 unspecified atom stereocenters. The maximum Gasteiger partial charge on any atom is 0.231 e. The number of aromatic nitrogens is 1. The Hall–Kier alpha value is -2.80. The van der Waals surface area contributed by atoms with Gasteiger partial charge in [-0.1, -0.05) is 11.2 Å². The average Bonchev–Trinajstić information content (AvgIpc) is 3.14. The summed E-state index contributed by atoms with van der Waals surface area (Å²) >= 11 is 0. The number of benzene rings is 1. The molecule has 1 aromatic heterocycles. The Balaban J connectivity index is 1.76. The number of nitrogens with zero attached hydrogens (tertiary/aromatic N) is 3. The Morgan fingerprint density at radius 3 is 3.04 bits per heavy atom. The van der Waals surface area contributed by atoms with Crippen LogP contribution in [0.5, 0.6) is 17.2 Å². The average molecular weight is 355 g/mol. The largest absolute Gasteiger partial charge is 0.492 e. The van der Waals surface area contributed by atoms with Gasteiger partial charge in [-0.3, -0.25) is 9.88 Å². The minimum Gasteiger partial charge on any atom is -0.492 e. The summed E-state index contributed by atoms with van der Waals surface area (Å²) in [5.41, 5.74) is 3.43. The van der Waals surface area contributed by atoms with Crippen molar-refractivity contribution in [2.45, 2.75) is 18.9 Å². The molecule has 1 atom stereocenters. The summed E-state index contributed by atoms with van der Waals surface area (Å²) in [6.45, 7) is 1.09. The van der Waals surface area contributed by atoms with Crippen LogP contribution in [0.2, 0.25) is 0 Å². The van der Waals surface area contributed by atoms with E-state index in [2.05, 4.69) is 22.1 Å². The Labute approximate surface area is 151 Å². The van der Waals surface area contributed by atoms with Gasteiger partial charge in [-0.15, -0.1) is 0 Å². The molecular weight excluding hydrogens is 334 g/mol. The molecule has 0 fully saturated rings. The minimum absolute atomic E-state index is 0.0175. The zero-order valence-corrected chi connectivity index (χ0v) is 14.8. The molecular formula is C19H21N3O4. The van der Waals surface area contributed by atoms with Crippen LogP contribution in [0.3, 0.4) is 0 Å². The van der Waals surface area contributed by atoms with Crippen LogP contribution in [0.15, 0.2) is 35.6 Å². The highest BCUT2D eigenvalue weighted by atomic mass is 16.7. The van der Waals surface area contributed by atoms with E-state index in [1.807, 2.05) is 24.3 Å². The van der Waals surface area contributed by atoms with E-state index >= 15 is 0 Å². The predicted molar refractivity (Wildman–Crippen MR) is 95.4 cm³/mol. The first-order valence-corrected chi connectivity index (χ1v) is 8.55. The summed E-state index contributed by atoms with van der Waals surface area (Å²) in [4.78, 5) is 6.55. The van der Waals surface area contributed by atoms with Gasteiger partial charge in [0.2, 0.25) is 12.5 Å². The van der Waals surface area contributed by atoms with Crippen LogP contribution >= 0.6 is 0 Å². The van der Waals surface area contributed by atoms with Crippen molar-refractivity contribution in [2.24, 2.45) is 5.16 Å². The topological polar surface area (TPSA) is 76.4 Å². The standard InChI is InChI=1S/C19H21N3O4/c1-22-8-6-12-9-16-18(26-11-25-16)19(24-2)17(12)15(22)10-14(21-23)13-5-3-4-7-20-13/h3-5,7,9,15,23H,6,8,10-11H2,1-2H3/t15-/m1/s1. The first-order chi connectivity index (χ1) is 12.7. The SMILES string of the molecule is COc1c2c(cc3c1[C@@H](CC(=NO)c1ccccn1)N(C)CC3)OCO2. The summed E-state index contributed by atoms with van der Waals surface area (Å²) < 4.78 is 16.9.